The van der Waals surface area contributed by atoms with E-state index in [1.807, 2.05) is 13.1 Å². The summed E-state index contributed by atoms with van der Waals surface area (Å²) in [7, 11) is 3.99. The smallest absolute Gasteiger partial charge is 0.255 e. The van der Waals surface area contributed by atoms with E-state index in [0.717, 1.165) is 24.1 Å². The van der Waals surface area contributed by atoms with Crippen LogP contribution in [0, 0.1) is 5.92 Å². The van der Waals surface area contributed by atoms with E-state index in [0.29, 0.717) is 11.5 Å². The fourth-order valence-corrected chi connectivity index (χ4v) is 2.76. The highest BCUT2D eigenvalue weighted by Gasteiger charge is 2.23. The van der Waals surface area contributed by atoms with Crippen molar-refractivity contribution in [3.63, 3.8) is 0 Å². The molecule has 1 atom stereocenters. The maximum atomic E-state index is 12.2. The molecule has 0 N–H and O–H groups in total. The Kier molecular flexibility index (Phi) is 4.35. The summed E-state index contributed by atoms with van der Waals surface area (Å²) in [5.41, 5.74) is 0.637. The molecule has 1 fully saturated rings. The van der Waals surface area contributed by atoms with Crippen LogP contribution in [0.25, 0.3) is 0 Å². The SMILES string of the molecule is CN1CCC(CN(C)C(=O)c2cncc(Br)c2)C1. The van der Waals surface area contributed by atoms with Gasteiger partial charge < -0.3 is 9.80 Å². The molecule has 98 valence electrons. The fourth-order valence-electron chi connectivity index (χ4n) is 2.39. The lowest BCUT2D eigenvalue weighted by molar-refractivity contribution is 0.0773. The van der Waals surface area contributed by atoms with Gasteiger partial charge in [0, 0.05) is 37.0 Å². The molecule has 1 saturated heterocycles. The number of pyridine rings is 1. The Morgan fingerprint density at radius 1 is 1.61 bits per heavy atom. The standard InChI is InChI=1S/C13H18BrN3O/c1-16-4-3-10(8-16)9-17(2)13(18)11-5-12(14)7-15-6-11/h5-7,10H,3-4,8-9H2,1-2H3. The molecule has 0 bridgehead atoms. The van der Waals surface area contributed by atoms with Gasteiger partial charge in [-0.1, -0.05) is 0 Å². The second-order valence-corrected chi connectivity index (χ2v) is 5.91. The molecule has 0 radical (unpaired) electrons. The number of aromatic nitrogens is 1. The number of carbonyl (C=O) groups is 1. The molecule has 2 rings (SSSR count). The summed E-state index contributed by atoms with van der Waals surface area (Å²) in [6, 6.07) is 1.81. The van der Waals surface area contributed by atoms with Gasteiger partial charge in [-0.15, -0.1) is 0 Å². The molecule has 18 heavy (non-hydrogen) atoms. The topological polar surface area (TPSA) is 36.4 Å². The first-order valence-corrected chi connectivity index (χ1v) is 6.90. The first-order valence-electron chi connectivity index (χ1n) is 6.11. The maximum Gasteiger partial charge on any atom is 0.255 e. The lowest BCUT2D eigenvalue weighted by Gasteiger charge is -2.21. The molecule has 1 unspecified atom stereocenters. The molecule has 1 amide bonds. The quantitative estimate of drug-likeness (QED) is 0.855. The lowest BCUT2D eigenvalue weighted by atomic mass is 10.1. The van der Waals surface area contributed by atoms with E-state index in [1.54, 1.807) is 17.3 Å². The number of nitrogens with zero attached hydrogens (tertiary/aromatic N) is 3. The third-order valence-electron chi connectivity index (χ3n) is 3.32. The number of hydrogen-bond acceptors (Lipinski definition) is 3. The summed E-state index contributed by atoms with van der Waals surface area (Å²) in [4.78, 5) is 20.4. The molecule has 5 heteroatoms. The van der Waals surface area contributed by atoms with Crippen LogP contribution in [0.1, 0.15) is 16.8 Å². The zero-order valence-corrected chi connectivity index (χ0v) is 12.4. The predicted molar refractivity (Wildman–Crippen MR) is 74.5 cm³/mol. The van der Waals surface area contributed by atoms with Crippen molar-refractivity contribution in [2.75, 3.05) is 33.7 Å². The van der Waals surface area contributed by atoms with Gasteiger partial charge in [0.2, 0.25) is 0 Å². The van der Waals surface area contributed by atoms with Gasteiger partial charge in [0.1, 0.15) is 0 Å². The monoisotopic (exact) mass is 311 g/mol. The third kappa shape index (κ3) is 3.29. The van der Waals surface area contributed by atoms with Crippen molar-refractivity contribution in [3.05, 3.63) is 28.5 Å². The van der Waals surface area contributed by atoms with Crippen LogP contribution in [-0.2, 0) is 0 Å². The van der Waals surface area contributed by atoms with Crippen LogP contribution in [0.15, 0.2) is 22.9 Å². The third-order valence-corrected chi connectivity index (χ3v) is 3.75. The Morgan fingerprint density at radius 3 is 3.00 bits per heavy atom. The Labute approximate surface area is 116 Å². The Hall–Kier alpha value is -0.940. The van der Waals surface area contributed by atoms with Crippen molar-refractivity contribution >= 4 is 21.8 Å². The fraction of sp³-hybridized carbons (Fsp3) is 0.538. The largest absolute Gasteiger partial charge is 0.341 e. The second-order valence-electron chi connectivity index (χ2n) is 4.99. The van der Waals surface area contributed by atoms with Gasteiger partial charge in [0.15, 0.2) is 0 Å². The minimum Gasteiger partial charge on any atom is -0.341 e. The number of carbonyl (C=O) groups excluding carboxylic acids is 1. The zero-order valence-electron chi connectivity index (χ0n) is 10.8. The van der Waals surface area contributed by atoms with E-state index < -0.39 is 0 Å². The highest BCUT2D eigenvalue weighted by molar-refractivity contribution is 9.10. The summed E-state index contributed by atoms with van der Waals surface area (Å²) in [6.45, 7) is 3.02. The number of halogens is 1. The summed E-state index contributed by atoms with van der Waals surface area (Å²) in [5.74, 6) is 0.627. The molecule has 1 aliphatic heterocycles. The first-order chi connectivity index (χ1) is 8.56. The average Bonchev–Trinajstić information content (AvgIpc) is 2.73. The predicted octanol–water partition coefficient (Wildman–Crippen LogP) is 1.87. The molecular formula is C13H18BrN3O. The van der Waals surface area contributed by atoms with Crippen molar-refractivity contribution in [2.24, 2.45) is 5.92 Å². The van der Waals surface area contributed by atoms with Gasteiger partial charge in [-0.3, -0.25) is 9.78 Å². The van der Waals surface area contributed by atoms with E-state index in [-0.39, 0.29) is 5.91 Å². The number of hydrogen-bond donors (Lipinski definition) is 0. The van der Waals surface area contributed by atoms with Crippen LogP contribution in [0.3, 0.4) is 0 Å². The zero-order chi connectivity index (χ0) is 13.1. The molecule has 4 nitrogen and oxygen atoms in total. The molecule has 0 spiro atoms. The molecule has 0 aliphatic carbocycles. The average molecular weight is 312 g/mol. The van der Waals surface area contributed by atoms with Crippen molar-refractivity contribution < 1.29 is 4.79 Å². The molecule has 0 aromatic carbocycles. The van der Waals surface area contributed by atoms with Crippen molar-refractivity contribution in [1.82, 2.24) is 14.8 Å². The molecular weight excluding hydrogens is 294 g/mol. The Balaban J connectivity index is 1.96. The minimum absolute atomic E-state index is 0.0401. The number of likely N-dealkylation sites (tertiary alicyclic amines) is 1. The number of rotatable bonds is 3. The Morgan fingerprint density at radius 2 is 2.39 bits per heavy atom. The van der Waals surface area contributed by atoms with Crippen molar-refractivity contribution in [2.45, 2.75) is 6.42 Å². The minimum atomic E-state index is 0.0401. The highest BCUT2D eigenvalue weighted by atomic mass is 79.9. The highest BCUT2D eigenvalue weighted by Crippen LogP contribution is 2.17. The van der Waals surface area contributed by atoms with Gasteiger partial charge in [0.25, 0.3) is 5.91 Å². The van der Waals surface area contributed by atoms with Crippen LogP contribution < -0.4 is 0 Å². The van der Waals surface area contributed by atoms with Crippen molar-refractivity contribution in [3.8, 4) is 0 Å². The lowest BCUT2D eigenvalue weighted by Crippen LogP contribution is -2.32. The summed E-state index contributed by atoms with van der Waals surface area (Å²) in [5, 5.41) is 0. The summed E-state index contributed by atoms with van der Waals surface area (Å²) >= 11 is 3.34. The molecule has 0 saturated carbocycles. The van der Waals surface area contributed by atoms with E-state index >= 15 is 0 Å². The van der Waals surface area contributed by atoms with Crippen LogP contribution in [0.5, 0.6) is 0 Å². The molecule has 2 heterocycles. The molecule has 1 aromatic heterocycles. The van der Waals surface area contributed by atoms with E-state index in [2.05, 4.69) is 32.9 Å². The van der Waals surface area contributed by atoms with Gasteiger partial charge >= 0.3 is 0 Å². The Bertz CT molecular complexity index is 438. The molecule has 1 aromatic rings. The first kappa shape index (κ1) is 13.5. The maximum absolute atomic E-state index is 12.2. The van der Waals surface area contributed by atoms with Gasteiger partial charge in [0.05, 0.1) is 5.56 Å². The normalized spacial score (nSPS) is 20.1. The summed E-state index contributed by atoms with van der Waals surface area (Å²) in [6.07, 6.45) is 4.47. The van der Waals surface area contributed by atoms with E-state index in [9.17, 15) is 4.79 Å². The number of amides is 1. The van der Waals surface area contributed by atoms with Crippen LogP contribution in [-0.4, -0.2) is 54.4 Å². The van der Waals surface area contributed by atoms with Crippen LogP contribution in [0.2, 0.25) is 0 Å². The van der Waals surface area contributed by atoms with Gasteiger partial charge in [-0.05, 0) is 47.9 Å². The van der Waals surface area contributed by atoms with Crippen LogP contribution in [0.4, 0.5) is 0 Å². The molecule has 1 aliphatic rings. The van der Waals surface area contributed by atoms with Gasteiger partial charge in [-0.2, -0.15) is 0 Å². The second kappa shape index (κ2) is 5.80. The summed E-state index contributed by atoms with van der Waals surface area (Å²) < 4.78 is 0.836. The van der Waals surface area contributed by atoms with E-state index in [1.165, 1.54) is 6.42 Å². The van der Waals surface area contributed by atoms with E-state index in [4.69, 9.17) is 0 Å². The van der Waals surface area contributed by atoms with Crippen molar-refractivity contribution in [1.29, 1.82) is 0 Å². The van der Waals surface area contributed by atoms with Crippen LogP contribution >= 0.6 is 15.9 Å². The van der Waals surface area contributed by atoms with Gasteiger partial charge in [-0.25, -0.2) is 0 Å².